The zero-order valence-corrected chi connectivity index (χ0v) is 38.8. The first-order valence-electron chi connectivity index (χ1n) is 20.0. The first kappa shape index (κ1) is 50.3. The molecule has 20 heteroatoms. The molecule has 5 rings (SSSR count). The highest BCUT2D eigenvalue weighted by atomic mass is 35.5. The third-order valence-corrected chi connectivity index (χ3v) is 10.4. The number of alkyl halides is 2. The number of Topliss-reactive ketones (excluding diaryl/α,β-unsaturated/α-hetero) is 2. The Morgan fingerprint density at radius 2 is 0.894 bits per heavy atom. The Hall–Kier alpha value is -6.72. The lowest BCUT2D eigenvalue weighted by molar-refractivity contribution is -0.127. The van der Waals surface area contributed by atoms with Gasteiger partial charge in [-0.15, -0.1) is 23.2 Å². The number of nitrogens with zero attached hydrogens (tertiary/aromatic N) is 4. The highest BCUT2D eigenvalue weighted by Gasteiger charge is 2.29. The standard InChI is InChI=1S/C46H42Cl4N8O8/c1-5-65-41-37(53-45(63)39(25(3)59)57-55-31-15-17-35(49)33(21-31)43(61)51-29-11-7-27(23-47)8-12-29)19-20-38(42(41)66-6-2)54-46(64)40(26(4)60)58-56-32-16-18-36(50)34(22-32)44(62)52-30-13-9-28(24-48)10-14-30/h7-22,39-40H,5-6,23-24H2,1-4H3,(H,51,61)(H,52,62)(H,53,63)(H,54,64). The summed E-state index contributed by atoms with van der Waals surface area (Å²) in [6, 6.07) is 21.8. The van der Waals surface area contributed by atoms with Gasteiger partial charge in [0.05, 0.1) is 57.1 Å². The minimum atomic E-state index is -1.65. The van der Waals surface area contributed by atoms with Gasteiger partial charge < -0.3 is 30.7 Å². The van der Waals surface area contributed by atoms with Crippen LogP contribution in [0.5, 0.6) is 11.5 Å². The number of azo groups is 2. The third kappa shape index (κ3) is 13.4. The smallest absolute Gasteiger partial charge is 0.258 e. The van der Waals surface area contributed by atoms with E-state index in [0.717, 1.165) is 25.0 Å². The molecule has 2 unspecified atom stereocenters. The van der Waals surface area contributed by atoms with Crippen molar-refractivity contribution in [2.75, 3.05) is 34.5 Å². The van der Waals surface area contributed by atoms with Gasteiger partial charge in [0.25, 0.3) is 23.6 Å². The lowest BCUT2D eigenvalue weighted by Crippen LogP contribution is -2.32. The number of carbonyl (C=O) groups is 6. The lowest BCUT2D eigenvalue weighted by atomic mass is 10.1. The van der Waals surface area contributed by atoms with Crippen LogP contribution in [0.3, 0.4) is 0 Å². The van der Waals surface area contributed by atoms with Crippen LogP contribution in [0.15, 0.2) is 118 Å². The predicted octanol–water partition coefficient (Wildman–Crippen LogP) is 11.1. The fraction of sp³-hybridized carbons (Fsp3) is 0.217. The van der Waals surface area contributed by atoms with E-state index in [1.165, 1.54) is 48.5 Å². The molecule has 342 valence electrons. The summed E-state index contributed by atoms with van der Waals surface area (Å²) in [6.07, 6.45) is 0. The highest BCUT2D eigenvalue weighted by Crippen LogP contribution is 2.42. The van der Waals surface area contributed by atoms with Crippen molar-refractivity contribution >= 4 is 116 Å². The summed E-state index contributed by atoms with van der Waals surface area (Å²) < 4.78 is 11.7. The average Bonchev–Trinajstić information content (AvgIpc) is 3.29. The Morgan fingerprint density at radius 1 is 0.530 bits per heavy atom. The molecule has 0 bridgehead atoms. The molecule has 0 aliphatic heterocycles. The first-order valence-corrected chi connectivity index (χ1v) is 21.9. The maximum atomic E-state index is 13.6. The quantitative estimate of drug-likeness (QED) is 0.0333. The number of anilines is 4. The van der Waals surface area contributed by atoms with Crippen LogP contribution < -0.4 is 30.7 Å². The molecule has 66 heavy (non-hydrogen) atoms. The second-order valence-corrected chi connectivity index (χ2v) is 15.4. The molecule has 0 saturated carbocycles. The maximum Gasteiger partial charge on any atom is 0.258 e. The van der Waals surface area contributed by atoms with E-state index in [4.69, 9.17) is 55.9 Å². The minimum Gasteiger partial charge on any atom is -0.488 e. The van der Waals surface area contributed by atoms with Gasteiger partial charge in [0.1, 0.15) is 0 Å². The van der Waals surface area contributed by atoms with Crippen LogP contribution in [0.25, 0.3) is 0 Å². The van der Waals surface area contributed by atoms with Gasteiger partial charge in [-0.1, -0.05) is 47.5 Å². The number of hydrogen-bond acceptors (Lipinski definition) is 12. The molecule has 0 aliphatic rings. The molecule has 5 aromatic carbocycles. The van der Waals surface area contributed by atoms with Crippen molar-refractivity contribution in [2.24, 2.45) is 20.5 Å². The SMILES string of the molecule is CCOc1c(NC(=O)C(N=Nc2ccc(Cl)c(C(=O)Nc3ccc(CCl)cc3)c2)C(C)=O)ccc(NC(=O)C(N=Nc2ccc(Cl)c(C(=O)Nc3ccc(CCl)cc3)c2)C(C)=O)c1OCC. The van der Waals surface area contributed by atoms with Crippen LogP contribution in [0.1, 0.15) is 59.5 Å². The number of ketones is 2. The first-order chi connectivity index (χ1) is 31.6. The number of halogens is 4. The second kappa shape index (κ2) is 24.0. The molecule has 4 N–H and O–H groups in total. The average molecular weight is 977 g/mol. The Morgan fingerprint density at radius 3 is 1.21 bits per heavy atom. The van der Waals surface area contributed by atoms with Gasteiger partial charge in [-0.05, 0) is 112 Å². The zero-order valence-electron chi connectivity index (χ0n) is 35.8. The van der Waals surface area contributed by atoms with E-state index in [-0.39, 0.29) is 68.6 Å². The lowest BCUT2D eigenvalue weighted by Gasteiger charge is -2.20. The number of benzene rings is 5. The van der Waals surface area contributed by atoms with Crippen molar-refractivity contribution < 1.29 is 38.2 Å². The van der Waals surface area contributed by atoms with Gasteiger partial charge in [0.15, 0.2) is 23.1 Å². The van der Waals surface area contributed by atoms with Gasteiger partial charge >= 0.3 is 0 Å². The van der Waals surface area contributed by atoms with E-state index in [1.54, 1.807) is 62.4 Å². The largest absolute Gasteiger partial charge is 0.488 e. The Bertz CT molecular complexity index is 2500. The molecule has 0 saturated heterocycles. The van der Waals surface area contributed by atoms with E-state index in [1.807, 2.05) is 0 Å². The highest BCUT2D eigenvalue weighted by molar-refractivity contribution is 6.35. The second-order valence-electron chi connectivity index (χ2n) is 14.0. The fourth-order valence-corrected chi connectivity index (χ4v) is 6.64. The normalized spacial score (nSPS) is 12.0. The summed E-state index contributed by atoms with van der Waals surface area (Å²) in [7, 11) is 0. The number of ether oxygens (including phenoxy) is 2. The summed E-state index contributed by atoms with van der Waals surface area (Å²) in [5.74, 6) is -3.57. The molecule has 5 aromatic rings. The maximum absolute atomic E-state index is 13.6. The molecular formula is C46H42Cl4N8O8. The van der Waals surface area contributed by atoms with Crippen molar-refractivity contribution in [1.29, 1.82) is 0 Å². The van der Waals surface area contributed by atoms with Crippen molar-refractivity contribution in [2.45, 2.75) is 51.5 Å². The third-order valence-electron chi connectivity index (χ3n) is 9.17. The Kier molecular flexibility index (Phi) is 18.3. The summed E-state index contributed by atoms with van der Waals surface area (Å²) in [5, 5.41) is 27.1. The number of amides is 4. The minimum absolute atomic E-state index is 0.0154. The van der Waals surface area contributed by atoms with E-state index < -0.39 is 47.3 Å². The van der Waals surface area contributed by atoms with Crippen LogP contribution >= 0.6 is 46.4 Å². The summed E-state index contributed by atoms with van der Waals surface area (Å²) in [4.78, 5) is 79.0. The van der Waals surface area contributed by atoms with E-state index in [2.05, 4.69) is 41.7 Å². The van der Waals surface area contributed by atoms with Crippen molar-refractivity contribution in [3.63, 3.8) is 0 Å². The topological polar surface area (TPSA) is 218 Å². The number of rotatable bonds is 20. The number of carbonyl (C=O) groups excluding carboxylic acids is 6. The summed E-state index contributed by atoms with van der Waals surface area (Å²) in [5.41, 5.74) is 3.23. The molecule has 0 heterocycles. The molecule has 0 aliphatic carbocycles. The molecule has 0 aromatic heterocycles. The van der Waals surface area contributed by atoms with Gasteiger partial charge in [-0.25, -0.2) is 0 Å². The van der Waals surface area contributed by atoms with Gasteiger partial charge in [0.2, 0.25) is 12.1 Å². The van der Waals surface area contributed by atoms with Crippen LogP contribution in [0.2, 0.25) is 10.0 Å². The van der Waals surface area contributed by atoms with Crippen molar-refractivity contribution in [3.05, 3.63) is 129 Å². The predicted molar refractivity (Wildman–Crippen MR) is 255 cm³/mol. The fourth-order valence-electron chi connectivity index (χ4n) is 5.87. The van der Waals surface area contributed by atoms with Gasteiger partial charge in [0, 0.05) is 23.1 Å². The van der Waals surface area contributed by atoms with Crippen molar-refractivity contribution in [1.82, 2.24) is 0 Å². The van der Waals surface area contributed by atoms with Crippen LogP contribution in [0.4, 0.5) is 34.1 Å². The number of hydrogen-bond donors (Lipinski definition) is 4. The van der Waals surface area contributed by atoms with Crippen molar-refractivity contribution in [3.8, 4) is 11.5 Å². The Balaban J connectivity index is 1.33. The molecule has 16 nitrogen and oxygen atoms in total. The Labute approximate surface area is 399 Å². The van der Waals surface area contributed by atoms with E-state index in [0.29, 0.717) is 23.1 Å². The molecule has 2 atom stereocenters. The van der Waals surface area contributed by atoms with Gasteiger partial charge in [-0.2, -0.15) is 20.5 Å². The van der Waals surface area contributed by atoms with Crippen LogP contribution in [-0.2, 0) is 30.9 Å². The molecule has 0 fully saturated rings. The van der Waals surface area contributed by atoms with Crippen LogP contribution in [-0.4, -0.2) is 60.5 Å². The summed E-state index contributed by atoms with van der Waals surface area (Å²) >= 11 is 24.4. The van der Waals surface area contributed by atoms with Gasteiger partial charge in [-0.3, -0.25) is 28.8 Å². The molecule has 0 spiro atoms. The monoisotopic (exact) mass is 974 g/mol. The van der Waals surface area contributed by atoms with E-state index in [9.17, 15) is 28.8 Å². The molecule has 0 radical (unpaired) electrons. The van der Waals surface area contributed by atoms with Crippen LogP contribution in [0, 0.1) is 0 Å². The molecule has 4 amide bonds. The number of nitrogens with one attached hydrogen (secondary N) is 4. The summed E-state index contributed by atoms with van der Waals surface area (Å²) in [6.45, 7) is 5.81. The van der Waals surface area contributed by atoms with E-state index >= 15 is 0 Å². The molecular weight excluding hydrogens is 934 g/mol. The zero-order chi connectivity index (χ0) is 47.9.